The summed E-state index contributed by atoms with van der Waals surface area (Å²) in [5.41, 5.74) is 2.88. The number of amides is 1. The standard InChI is InChI=1S/C15H24N2O2/c1-10-7-11(15(2,3)4)14(19-6)12(8-10)17-13(18)9-16-5/h7-8,16H,9H2,1-6H3,(H,17,18). The monoisotopic (exact) mass is 264 g/mol. The Labute approximate surface area is 115 Å². The first-order valence-electron chi connectivity index (χ1n) is 6.43. The SMILES string of the molecule is CNCC(=O)Nc1cc(C)cc(C(C)(C)C)c1OC. The number of carbonyl (C=O) groups excluding carboxylic acids is 1. The van der Waals surface area contributed by atoms with Gasteiger partial charge < -0.3 is 15.4 Å². The average Bonchev–Trinajstić information content (AvgIpc) is 2.27. The van der Waals surface area contributed by atoms with Crippen molar-refractivity contribution in [1.29, 1.82) is 0 Å². The zero-order chi connectivity index (χ0) is 14.6. The number of hydrogen-bond acceptors (Lipinski definition) is 3. The molecule has 1 aromatic carbocycles. The number of likely N-dealkylation sites (N-methyl/N-ethyl adjacent to an activating group) is 1. The van der Waals surface area contributed by atoms with Gasteiger partial charge in [-0.15, -0.1) is 0 Å². The zero-order valence-corrected chi connectivity index (χ0v) is 12.7. The molecule has 0 saturated heterocycles. The molecule has 0 spiro atoms. The number of benzene rings is 1. The van der Waals surface area contributed by atoms with Crippen LogP contribution in [0.1, 0.15) is 31.9 Å². The summed E-state index contributed by atoms with van der Waals surface area (Å²) in [6.07, 6.45) is 0. The van der Waals surface area contributed by atoms with E-state index in [-0.39, 0.29) is 17.9 Å². The van der Waals surface area contributed by atoms with Crippen LogP contribution in [-0.2, 0) is 10.2 Å². The Kier molecular flexibility index (Phi) is 4.95. The second kappa shape index (κ2) is 6.06. The van der Waals surface area contributed by atoms with Gasteiger partial charge in [-0.2, -0.15) is 0 Å². The van der Waals surface area contributed by atoms with Crippen molar-refractivity contribution in [3.05, 3.63) is 23.3 Å². The summed E-state index contributed by atoms with van der Waals surface area (Å²) in [4.78, 5) is 11.7. The third-order valence-corrected chi connectivity index (χ3v) is 2.86. The van der Waals surface area contributed by atoms with Crippen molar-refractivity contribution in [2.24, 2.45) is 0 Å². The largest absolute Gasteiger partial charge is 0.494 e. The summed E-state index contributed by atoms with van der Waals surface area (Å²) >= 11 is 0. The molecule has 0 aromatic heterocycles. The number of rotatable bonds is 4. The van der Waals surface area contributed by atoms with E-state index in [0.29, 0.717) is 0 Å². The van der Waals surface area contributed by atoms with Gasteiger partial charge in [-0.3, -0.25) is 4.79 Å². The van der Waals surface area contributed by atoms with Crippen molar-refractivity contribution in [1.82, 2.24) is 5.32 Å². The normalized spacial score (nSPS) is 11.3. The van der Waals surface area contributed by atoms with E-state index < -0.39 is 0 Å². The molecule has 1 amide bonds. The number of anilines is 1. The molecule has 2 N–H and O–H groups in total. The lowest BCUT2D eigenvalue weighted by Gasteiger charge is -2.25. The van der Waals surface area contributed by atoms with E-state index >= 15 is 0 Å². The van der Waals surface area contributed by atoms with Crippen molar-refractivity contribution in [2.45, 2.75) is 33.1 Å². The van der Waals surface area contributed by atoms with Crippen LogP contribution in [0.3, 0.4) is 0 Å². The van der Waals surface area contributed by atoms with Gasteiger partial charge in [0.05, 0.1) is 19.3 Å². The maximum atomic E-state index is 11.7. The van der Waals surface area contributed by atoms with Crippen LogP contribution < -0.4 is 15.4 Å². The van der Waals surface area contributed by atoms with Crippen LogP contribution >= 0.6 is 0 Å². The predicted octanol–water partition coefficient (Wildman–Crippen LogP) is 2.46. The molecule has 4 nitrogen and oxygen atoms in total. The van der Waals surface area contributed by atoms with Gasteiger partial charge in [-0.05, 0) is 31.0 Å². The molecular formula is C15H24N2O2. The Morgan fingerprint density at radius 3 is 2.42 bits per heavy atom. The van der Waals surface area contributed by atoms with Gasteiger partial charge in [-0.25, -0.2) is 0 Å². The molecule has 0 aliphatic carbocycles. The minimum Gasteiger partial charge on any atom is -0.494 e. The average molecular weight is 264 g/mol. The molecule has 1 rings (SSSR count). The first-order valence-corrected chi connectivity index (χ1v) is 6.43. The molecule has 106 valence electrons. The fourth-order valence-electron chi connectivity index (χ4n) is 2.00. The third-order valence-electron chi connectivity index (χ3n) is 2.86. The summed E-state index contributed by atoms with van der Waals surface area (Å²) in [5.74, 6) is 0.661. The molecule has 0 fully saturated rings. The van der Waals surface area contributed by atoms with Crippen LogP contribution in [0.2, 0.25) is 0 Å². The molecule has 19 heavy (non-hydrogen) atoms. The van der Waals surface area contributed by atoms with E-state index in [9.17, 15) is 4.79 Å². The van der Waals surface area contributed by atoms with Crippen molar-refractivity contribution in [3.63, 3.8) is 0 Å². The fourth-order valence-corrected chi connectivity index (χ4v) is 2.00. The Balaban J connectivity index is 3.24. The Morgan fingerprint density at radius 2 is 1.95 bits per heavy atom. The smallest absolute Gasteiger partial charge is 0.238 e. The molecule has 0 radical (unpaired) electrons. The Bertz CT molecular complexity index is 462. The lowest BCUT2D eigenvalue weighted by molar-refractivity contribution is -0.115. The van der Waals surface area contributed by atoms with Gasteiger partial charge in [-0.1, -0.05) is 26.8 Å². The van der Waals surface area contributed by atoms with Gasteiger partial charge in [0.2, 0.25) is 5.91 Å². The van der Waals surface area contributed by atoms with E-state index in [1.165, 1.54) is 0 Å². The van der Waals surface area contributed by atoms with E-state index in [4.69, 9.17) is 4.74 Å². The van der Waals surface area contributed by atoms with Gasteiger partial charge in [0.1, 0.15) is 5.75 Å². The molecule has 0 aliphatic rings. The first-order chi connectivity index (χ1) is 8.79. The van der Waals surface area contributed by atoms with Crippen molar-refractivity contribution < 1.29 is 9.53 Å². The molecule has 0 aliphatic heterocycles. The molecule has 1 aromatic rings. The molecule has 0 atom stereocenters. The van der Waals surface area contributed by atoms with E-state index in [2.05, 4.69) is 37.5 Å². The highest BCUT2D eigenvalue weighted by Gasteiger charge is 2.22. The van der Waals surface area contributed by atoms with Crippen LogP contribution in [0.4, 0.5) is 5.69 Å². The second-order valence-electron chi connectivity index (χ2n) is 5.72. The molecule has 0 bridgehead atoms. The number of carbonyl (C=O) groups is 1. The number of aryl methyl sites for hydroxylation is 1. The quantitative estimate of drug-likeness (QED) is 0.878. The molecule has 0 heterocycles. The topological polar surface area (TPSA) is 50.4 Å². The number of methoxy groups -OCH3 is 1. The van der Waals surface area contributed by atoms with E-state index in [1.54, 1.807) is 14.2 Å². The van der Waals surface area contributed by atoms with Gasteiger partial charge in [0, 0.05) is 5.56 Å². The highest BCUT2D eigenvalue weighted by molar-refractivity contribution is 5.94. The van der Waals surface area contributed by atoms with Crippen LogP contribution in [-0.4, -0.2) is 26.6 Å². The van der Waals surface area contributed by atoms with E-state index in [1.807, 2.05) is 13.0 Å². The number of hydrogen-bond donors (Lipinski definition) is 2. The highest BCUT2D eigenvalue weighted by atomic mass is 16.5. The lowest BCUT2D eigenvalue weighted by atomic mass is 9.85. The number of nitrogens with one attached hydrogen (secondary N) is 2. The fraction of sp³-hybridized carbons (Fsp3) is 0.533. The minimum atomic E-state index is -0.0775. The highest BCUT2D eigenvalue weighted by Crippen LogP contribution is 2.38. The summed E-state index contributed by atoms with van der Waals surface area (Å²) in [6.45, 7) is 8.68. The van der Waals surface area contributed by atoms with Crippen molar-refractivity contribution in [2.75, 3.05) is 26.0 Å². The maximum absolute atomic E-state index is 11.7. The molecular weight excluding hydrogens is 240 g/mol. The van der Waals surface area contributed by atoms with Gasteiger partial charge in [0.15, 0.2) is 0 Å². The van der Waals surface area contributed by atoms with Crippen LogP contribution in [0.25, 0.3) is 0 Å². The summed E-state index contributed by atoms with van der Waals surface area (Å²) in [6, 6.07) is 4.04. The zero-order valence-electron chi connectivity index (χ0n) is 12.7. The molecule has 4 heteroatoms. The van der Waals surface area contributed by atoms with Gasteiger partial charge in [0.25, 0.3) is 0 Å². The summed E-state index contributed by atoms with van der Waals surface area (Å²) in [5, 5.41) is 5.72. The van der Waals surface area contributed by atoms with Crippen LogP contribution in [0.5, 0.6) is 5.75 Å². The summed E-state index contributed by atoms with van der Waals surface area (Å²) < 4.78 is 5.50. The first kappa shape index (κ1) is 15.5. The summed E-state index contributed by atoms with van der Waals surface area (Å²) in [7, 11) is 3.38. The molecule has 0 unspecified atom stereocenters. The second-order valence-corrected chi connectivity index (χ2v) is 5.72. The third kappa shape index (κ3) is 3.96. The number of ether oxygens (including phenoxy) is 1. The Morgan fingerprint density at radius 1 is 1.32 bits per heavy atom. The maximum Gasteiger partial charge on any atom is 0.238 e. The lowest BCUT2D eigenvalue weighted by Crippen LogP contribution is -2.25. The van der Waals surface area contributed by atoms with Crippen molar-refractivity contribution in [3.8, 4) is 5.75 Å². The minimum absolute atomic E-state index is 0.0418. The van der Waals surface area contributed by atoms with Crippen LogP contribution in [0.15, 0.2) is 12.1 Å². The van der Waals surface area contributed by atoms with Crippen LogP contribution in [0, 0.1) is 6.92 Å². The molecule has 0 saturated carbocycles. The predicted molar refractivity (Wildman–Crippen MR) is 79.0 cm³/mol. The van der Waals surface area contributed by atoms with Crippen molar-refractivity contribution >= 4 is 11.6 Å². The Hall–Kier alpha value is -1.55. The van der Waals surface area contributed by atoms with Gasteiger partial charge >= 0.3 is 0 Å². The van der Waals surface area contributed by atoms with E-state index in [0.717, 1.165) is 22.6 Å².